The van der Waals surface area contributed by atoms with Gasteiger partial charge in [-0.15, -0.1) is 0 Å². The zero-order chi connectivity index (χ0) is 22.7. The normalized spacial score (nSPS) is 11.2. The first-order valence-corrected chi connectivity index (χ1v) is 9.50. The molecule has 0 aliphatic heterocycles. The predicted molar refractivity (Wildman–Crippen MR) is 106 cm³/mol. The van der Waals surface area contributed by atoms with Crippen LogP contribution in [0.5, 0.6) is 11.5 Å². The minimum absolute atomic E-state index is 0.115. The molecular formula is C22H20F3NO5. The summed E-state index contributed by atoms with van der Waals surface area (Å²) in [4.78, 5) is 25.3. The minimum atomic E-state index is -3.00. The molecule has 0 unspecified atom stereocenters. The fourth-order valence-corrected chi connectivity index (χ4v) is 3.29. The van der Waals surface area contributed by atoms with Crippen molar-refractivity contribution in [2.24, 2.45) is 0 Å². The third-order valence-electron chi connectivity index (χ3n) is 4.72. The summed E-state index contributed by atoms with van der Waals surface area (Å²) < 4.78 is 49.4. The molecule has 1 heterocycles. The SMILES string of the molecule is CCCOC(=O)Cc1c(C)n(C(=O)c2ccc(OC(F)F)cc2)c2cc(F)c(O)cc12. The molecule has 0 spiro atoms. The number of phenols is 1. The summed E-state index contributed by atoms with van der Waals surface area (Å²) in [6.07, 6.45) is 0.469. The van der Waals surface area contributed by atoms with E-state index in [0.717, 1.165) is 12.1 Å². The van der Waals surface area contributed by atoms with Gasteiger partial charge in [-0.3, -0.25) is 14.2 Å². The van der Waals surface area contributed by atoms with Crippen molar-refractivity contribution in [2.75, 3.05) is 6.61 Å². The van der Waals surface area contributed by atoms with E-state index in [1.54, 1.807) is 6.92 Å². The zero-order valence-electron chi connectivity index (χ0n) is 16.8. The summed E-state index contributed by atoms with van der Waals surface area (Å²) in [5, 5.41) is 10.1. The Bertz CT molecular complexity index is 1120. The van der Waals surface area contributed by atoms with Crippen molar-refractivity contribution in [3.8, 4) is 11.5 Å². The van der Waals surface area contributed by atoms with E-state index in [0.29, 0.717) is 23.1 Å². The molecule has 164 valence electrons. The highest BCUT2D eigenvalue weighted by molar-refractivity contribution is 6.05. The molecular weight excluding hydrogens is 415 g/mol. The smallest absolute Gasteiger partial charge is 0.387 e. The van der Waals surface area contributed by atoms with Gasteiger partial charge in [-0.1, -0.05) is 6.92 Å². The van der Waals surface area contributed by atoms with Gasteiger partial charge in [-0.25, -0.2) is 4.39 Å². The van der Waals surface area contributed by atoms with Crippen LogP contribution in [0.4, 0.5) is 13.2 Å². The quantitative estimate of drug-likeness (QED) is 0.550. The maximum atomic E-state index is 14.1. The van der Waals surface area contributed by atoms with E-state index in [-0.39, 0.29) is 29.9 Å². The Morgan fingerprint density at radius 1 is 1.16 bits per heavy atom. The highest BCUT2D eigenvalue weighted by Gasteiger charge is 2.23. The summed E-state index contributed by atoms with van der Waals surface area (Å²) in [6, 6.07) is 7.20. The van der Waals surface area contributed by atoms with E-state index in [1.165, 1.54) is 28.8 Å². The summed E-state index contributed by atoms with van der Waals surface area (Å²) in [7, 11) is 0. The van der Waals surface area contributed by atoms with Gasteiger partial charge < -0.3 is 14.6 Å². The van der Waals surface area contributed by atoms with Gasteiger partial charge in [-0.05, 0) is 49.2 Å². The fraction of sp³-hybridized carbons (Fsp3) is 0.273. The van der Waals surface area contributed by atoms with Crippen molar-refractivity contribution in [2.45, 2.75) is 33.3 Å². The second-order valence-electron chi connectivity index (χ2n) is 6.83. The molecule has 9 heteroatoms. The van der Waals surface area contributed by atoms with Crippen LogP contribution in [-0.4, -0.2) is 34.8 Å². The van der Waals surface area contributed by atoms with Crippen molar-refractivity contribution in [3.63, 3.8) is 0 Å². The number of nitrogens with zero attached hydrogens (tertiary/aromatic N) is 1. The third kappa shape index (κ3) is 4.65. The van der Waals surface area contributed by atoms with Crippen molar-refractivity contribution >= 4 is 22.8 Å². The topological polar surface area (TPSA) is 77.8 Å². The number of esters is 1. The Hall–Kier alpha value is -3.49. The van der Waals surface area contributed by atoms with Crippen molar-refractivity contribution in [1.82, 2.24) is 4.57 Å². The van der Waals surface area contributed by atoms with Crippen LogP contribution in [0.2, 0.25) is 0 Å². The van der Waals surface area contributed by atoms with E-state index < -0.39 is 30.1 Å². The van der Waals surface area contributed by atoms with Crippen LogP contribution in [-0.2, 0) is 16.0 Å². The molecule has 0 saturated carbocycles. The molecule has 0 fully saturated rings. The number of aromatic nitrogens is 1. The average Bonchev–Trinajstić information content (AvgIpc) is 2.97. The van der Waals surface area contributed by atoms with Crippen LogP contribution in [0, 0.1) is 12.7 Å². The van der Waals surface area contributed by atoms with Crippen LogP contribution >= 0.6 is 0 Å². The average molecular weight is 435 g/mol. The van der Waals surface area contributed by atoms with Gasteiger partial charge in [0.2, 0.25) is 0 Å². The number of phenolic OH excluding ortho intramolecular Hbond substituents is 1. The molecule has 2 aromatic carbocycles. The van der Waals surface area contributed by atoms with E-state index in [9.17, 15) is 27.9 Å². The number of hydrogen-bond donors (Lipinski definition) is 1. The lowest BCUT2D eigenvalue weighted by Gasteiger charge is -2.09. The van der Waals surface area contributed by atoms with Gasteiger partial charge >= 0.3 is 12.6 Å². The van der Waals surface area contributed by atoms with Crippen LogP contribution < -0.4 is 4.74 Å². The van der Waals surface area contributed by atoms with Crippen molar-refractivity contribution in [3.05, 3.63) is 59.0 Å². The summed E-state index contributed by atoms with van der Waals surface area (Å²) in [5.74, 6) is -2.75. The van der Waals surface area contributed by atoms with Gasteiger partial charge in [0.25, 0.3) is 5.91 Å². The second kappa shape index (κ2) is 9.11. The van der Waals surface area contributed by atoms with E-state index in [2.05, 4.69) is 4.74 Å². The lowest BCUT2D eigenvalue weighted by atomic mass is 10.1. The molecule has 3 aromatic rings. The number of halogens is 3. The number of alkyl halides is 2. The molecule has 0 bridgehead atoms. The van der Waals surface area contributed by atoms with Gasteiger partial charge in [0.05, 0.1) is 18.5 Å². The number of hydrogen-bond acceptors (Lipinski definition) is 5. The van der Waals surface area contributed by atoms with Crippen molar-refractivity contribution < 1.29 is 37.3 Å². The highest BCUT2D eigenvalue weighted by Crippen LogP contribution is 2.32. The standard InChI is InChI=1S/C22H20F3NO5/c1-3-8-30-20(28)10-15-12(2)26(18-11-17(23)19(27)9-16(15)18)21(29)13-4-6-14(7-5-13)31-22(24)25/h4-7,9,11,22,27H,3,8,10H2,1-2H3. The van der Waals surface area contributed by atoms with Crippen LogP contribution in [0.15, 0.2) is 36.4 Å². The maximum Gasteiger partial charge on any atom is 0.387 e. The summed E-state index contributed by atoms with van der Waals surface area (Å²) in [6.45, 7) is 0.677. The van der Waals surface area contributed by atoms with Crippen LogP contribution in [0.1, 0.15) is 35.0 Å². The van der Waals surface area contributed by atoms with E-state index in [4.69, 9.17) is 4.74 Å². The Morgan fingerprint density at radius 2 is 1.84 bits per heavy atom. The first kappa shape index (κ1) is 22.2. The molecule has 6 nitrogen and oxygen atoms in total. The number of rotatable bonds is 7. The molecule has 0 aliphatic rings. The number of carbonyl (C=O) groups is 2. The van der Waals surface area contributed by atoms with E-state index >= 15 is 0 Å². The molecule has 31 heavy (non-hydrogen) atoms. The highest BCUT2D eigenvalue weighted by atomic mass is 19.3. The molecule has 0 amide bonds. The largest absolute Gasteiger partial charge is 0.505 e. The molecule has 1 aromatic heterocycles. The van der Waals surface area contributed by atoms with Crippen LogP contribution in [0.25, 0.3) is 10.9 Å². The molecule has 1 N–H and O–H groups in total. The molecule has 0 saturated heterocycles. The first-order chi connectivity index (χ1) is 14.7. The minimum Gasteiger partial charge on any atom is -0.505 e. The number of benzene rings is 2. The third-order valence-corrected chi connectivity index (χ3v) is 4.72. The van der Waals surface area contributed by atoms with E-state index in [1.807, 2.05) is 6.92 Å². The van der Waals surface area contributed by atoms with Crippen LogP contribution in [0.3, 0.4) is 0 Å². The van der Waals surface area contributed by atoms with Gasteiger partial charge in [0.15, 0.2) is 11.6 Å². The number of carbonyl (C=O) groups excluding carboxylic acids is 2. The lowest BCUT2D eigenvalue weighted by molar-refractivity contribution is -0.142. The summed E-state index contributed by atoms with van der Waals surface area (Å²) >= 11 is 0. The molecule has 3 rings (SSSR count). The van der Waals surface area contributed by atoms with Gasteiger partial charge in [-0.2, -0.15) is 8.78 Å². The number of ether oxygens (including phenoxy) is 2. The molecule has 0 radical (unpaired) electrons. The van der Waals surface area contributed by atoms with Gasteiger partial charge in [0.1, 0.15) is 5.75 Å². The Kier molecular flexibility index (Phi) is 6.53. The lowest BCUT2D eigenvalue weighted by Crippen LogP contribution is -2.15. The Labute approximate surface area is 175 Å². The summed E-state index contributed by atoms with van der Waals surface area (Å²) in [5.41, 5.74) is 1.07. The predicted octanol–water partition coefficient (Wildman–Crippen LogP) is 4.58. The van der Waals surface area contributed by atoms with Crippen molar-refractivity contribution in [1.29, 1.82) is 0 Å². The second-order valence-corrected chi connectivity index (χ2v) is 6.83. The number of aromatic hydroxyl groups is 1. The van der Waals surface area contributed by atoms with Gasteiger partial charge in [0, 0.05) is 22.7 Å². The fourth-order valence-electron chi connectivity index (χ4n) is 3.29. The Balaban J connectivity index is 2.06. The first-order valence-electron chi connectivity index (χ1n) is 9.50. The molecule has 0 atom stereocenters. The monoisotopic (exact) mass is 435 g/mol. The maximum absolute atomic E-state index is 14.1. The zero-order valence-corrected chi connectivity index (χ0v) is 16.8. The number of fused-ring (bicyclic) bond motifs is 1. The Morgan fingerprint density at radius 3 is 2.45 bits per heavy atom. The molecule has 0 aliphatic carbocycles.